The third kappa shape index (κ3) is 4.73. The smallest absolute Gasteiger partial charge is 0.378 e. The highest BCUT2D eigenvalue weighted by Crippen LogP contribution is 2.35. The van der Waals surface area contributed by atoms with Crippen molar-refractivity contribution in [2.24, 2.45) is 14.1 Å². The van der Waals surface area contributed by atoms with E-state index >= 15 is 0 Å². The summed E-state index contributed by atoms with van der Waals surface area (Å²) in [6.07, 6.45) is -2.06. The average molecular weight is 549 g/mol. The fraction of sp³-hybridized carbons (Fsp3) is 0.375. The molecule has 1 aliphatic rings. The molecule has 1 atom stereocenters. The molecule has 1 N–H and O–H groups in total. The monoisotopic (exact) mass is 548 g/mol. The van der Waals surface area contributed by atoms with Crippen molar-refractivity contribution in [1.29, 1.82) is 0 Å². The summed E-state index contributed by atoms with van der Waals surface area (Å²) in [5.41, 5.74) is -2.86. The summed E-state index contributed by atoms with van der Waals surface area (Å²) in [4.78, 5) is 31.2. The maximum Gasteiger partial charge on any atom is 0.419 e. The van der Waals surface area contributed by atoms with Crippen LogP contribution in [0, 0.1) is 5.82 Å². The Hall–Kier alpha value is -4.27. The van der Waals surface area contributed by atoms with Crippen molar-refractivity contribution in [1.82, 2.24) is 29.2 Å². The highest BCUT2D eigenvalue weighted by atomic mass is 19.4. The van der Waals surface area contributed by atoms with Gasteiger partial charge < -0.3 is 15.1 Å². The number of hydrogen-bond acceptors (Lipinski definition) is 8. The highest BCUT2D eigenvalue weighted by Gasteiger charge is 2.35. The standard InChI is InChI=1S/C24H24F4N8O3/c1-13(14-5-4-6-16(19(14)25)24(26,27)28)30-20-15-11-36(35-7-9-39-10-8-35)23(38)18(21-29-12-33(2)31-21)17(15)22(37)34(3)32-20/h4-6,11-13H,7-10H2,1-3H3,(H,30,32)/t13-/m1/s1. The molecule has 11 nitrogen and oxygen atoms in total. The van der Waals surface area contributed by atoms with Crippen LogP contribution < -0.4 is 21.4 Å². The molecule has 0 radical (unpaired) electrons. The molecule has 1 fully saturated rings. The number of morpholine rings is 1. The molecule has 39 heavy (non-hydrogen) atoms. The molecule has 0 amide bonds. The molecular weight excluding hydrogens is 524 g/mol. The number of anilines is 1. The maximum absolute atomic E-state index is 14.9. The molecule has 0 saturated carbocycles. The Morgan fingerprint density at radius 2 is 1.79 bits per heavy atom. The first kappa shape index (κ1) is 26.3. The van der Waals surface area contributed by atoms with E-state index in [-0.39, 0.29) is 33.5 Å². The van der Waals surface area contributed by atoms with E-state index in [1.54, 1.807) is 12.1 Å². The van der Waals surface area contributed by atoms with Gasteiger partial charge in [0.15, 0.2) is 11.6 Å². The van der Waals surface area contributed by atoms with Crippen LogP contribution >= 0.6 is 0 Å². The SMILES string of the molecule is C[C@@H](Nc1nn(C)c(=O)c2c(-c3ncn(C)n3)c(=O)n(N3CCOCC3)cc12)c1cccc(C(F)(F)F)c1F. The Bertz CT molecular complexity index is 1670. The molecule has 1 saturated heterocycles. The zero-order valence-electron chi connectivity index (χ0n) is 21.2. The van der Waals surface area contributed by atoms with Gasteiger partial charge in [0.2, 0.25) is 0 Å². The summed E-state index contributed by atoms with van der Waals surface area (Å²) in [5.74, 6) is -1.35. The summed E-state index contributed by atoms with van der Waals surface area (Å²) in [5, 5.41) is 13.3. The zero-order chi connectivity index (χ0) is 28.1. The summed E-state index contributed by atoms with van der Waals surface area (Å²) in [6, 6.07) is 2.02. The molecule has 0 bridgehead atoms. The number of alkyl halides is 3. The van der Waals surface area contributed by atoms with Crippen molar-refractivity contribution >= 4 is 16.6 Å². The maximum atomic E-state index is 14.9. The molecule has 3 aromatic heterocycles. The molecule has 206 valence electrons. The van der Waals surface area contributed by atoms with Gasteiger partial charge in [-0.15, -0.1) is 0 Å². The van der Waals surface area contributed by atoms with Crippen molar-refractivity contribution < 1.29 is 22.3 Å². The molecule has 0 unspecified atom stereocenters. The van der Waals surface area contributed by atoms with E-state index in [1.165, 1.54) is 41.9 Å². The molecule has 5 rings (SSSR count). The van der Waals surface area contributed by atoms with Gasteiger partial charge in [-0.1, -0.05) is 12.1 Å². The fourth-order valence-corrected chi connectivity index (χ4v) is 4.55. The predicted octanol–water partition coefficient (Wildman–Crippen LogP) is 2.19. The molecule has 1 aliphatic heterocycles. The van der Waals surface area contributed by atoms with Gasteiger partial charge >= 0.3 is 6.18 Å². The van der Waals surface area contributed by atoms with E-state index < -0.39 is 34.7 Å². The minimum absolute atomic E-state index is 0.0151. The normalized spacial score (nSPS) is 15.1. The van der Waals surface area contributed by atoms with Crippen molar-refractivity contribution in [2.45, 2.75) is 19.1 Å². The van der Waals surface area contributed by atoms with Crippen LogP contribution in [-0.4, -0.2) is 55.5 Å². The number of fused-ring (bicyclic) bond motifs is 1. The largest absolute Gasteiger partial charge is 0.419 e. The minimum atomic E-state index is -4.87. The van der Waals surface area contributed by atoms with Crippen molar-refractivity contribution in [3.63, 3.8) is 0 Å². The number of benzene rings is 1. The molecule has 1 aromatic carbocycles. The Morgan fingerprint density at radius 1 is 1.08 bits per heavy atom. The number of aryl methyl sites for hydroxylation is 2. The first-order chi connectivity index (χ1) is 18.5. The van der Waals surface area contributed by atoms with Gasteiger partial charge in [-0.3, -0.25) is 14.3 Å². The second kappa shape index (κ2) is 9.80. The number of nitrogens with one attached hydrogen (secondary N) is 1. The first-order valence-electron chi connectivity index (χ1n) is 11.9. The van der Waals surface area contributed by atoms with Gasteiger partial charge in [0.1, 0.15) is 17.7 Å². The van der Waals surface area contributed by atoms with E-state index in [4.69, 9.17) is 4.74 Å². The quantitative estimate of drug-likeness (QED) is 0.378. The van der Waals surface area contributed by atoms with Crippen LogP contribution in [-0.2, 0) is 25.0 Å². The third-order valence-corrected chi connectivity index (χ3v) is 6.47. The van der Waals surface area contributed by atoms with Gasteiger partial charge in [0.05, 0.1) is 48.7 Å². The zero-order valence-corrected chi connectivity index (χ0v) is 21.2. The lowest BCUT2D eigenvalue weighted by atomic mass is 10.0. The first-order valence-corrected chi connectivity index (χ1v) is 11.9. The number of hydrogen-bond donors (Lipinski definition) is 1. The van der Waals surface area contributed by atoms with Crippen LogP contribution in [0.4, 0.5) is 23.4 Å². The number of ether oxygens (including phenoxy) is 1. The highest BCUT2D eigenvalue weighted by molar-refractivity contribution is 5.99. The average Bonchev–Trinajstić information content (AvgIpc) is 3.32. The minimum Gasteiger partial charge on any atom is -0.378 e. The summed E-state index contributed by atoms with van der Waals surface area (Å²) in [7, 11) is 2.98. The Kier molecular flexibility index (Phi) is 6.62. The van der Waals surface area contributed by atoms with Crippen LogP contribution in [0.5, 0.6) is 0 Å². The second-order valence-electron chi connectivity index (χ2n) is 9.10. The van der Waals surface area contributed by atoms with Crippen LogP contribution in [0.1, 0.15) is 24.1 Å². The molecule has 0 aliphatic carbocycles. The summed E-state index contributed by atoms with van der Waals surface area (Å²) in [6.45, 7) is 2.97. The molecular formula is C24H24F4N8O3. The second-order valence-corrected chi connectivity index (χ2v) is 9.10. The summed E-state index contributed by atoms with van der Waals surface area (Å²) >= 11 is 0. The van der Waals surface area contributed by atoms with E-state index in [9.17, 15) is 27.2 Å². The van der Waals surface area contributed by atoms with Gasteiger partial charge in [-0.2, -0.15) is 23.4 Å². The van der Waals surface area contributed by atoms with E-state index in [1.807, 2.05) is 0 Å². The van der Waals surface area contributed by atoms with E-state index in [0.29, 0.717) is 32.4 Å². The lowest BCUT2D eigenvalue weighted by Gasteiger charge is -2.30. The van der Waals surface area contributed by atoms with Crippen LogP contribution in [0.2, 0.25) is 0 Å². The third-order valence-electron chi connectivity index (χ3n) is 6.47. The number of pyridine rings is 1. The number of halogens is 4. The van der Waals surface area contributed by atoms with Crippen molar-refractivity contribution in [2.75, 3.05) is 36.6 Å². The topological polar surface area (TPSA) is 112 Å². The number of aromatic nitrogens is 6. The van der Waals surface area contributed by atoms with Gasteiger partial charge in [0, 0.05) is 25.9 Å². The number of nitrogens with zero attached hydrogens (tertiary/aromatic N) is 7. The molecule has 15 heteroatoms. The molecule has 0 spiro atoms. The van der Waals surface area contributed by atoms with Crippen molar-refractivity contribution in [3.05, 3.63) is 68.4 Å². The lowest BCUT2D eigenvalue weighted by Crippen LogP contribution is -2.49. The van der Waals surface area contributed by atoms with E-state index in [2.05, 4.69) is 20.5 Å². The van der Waals surface area contributed by atoms with Crippen LogP contribution in [0.3, 0.4) is 0 Å². The van der Waals surface area contributed by atoms with Crippen molar-refractivity contribution in [3.8, 4) is 11.4 Å². The fourth-order valence-electron chi connectivity index (χ4n) is 4.55. The Balaban J connectivity index is 1.73. The number of rotatable bonds is 5. The predicted molar refractivity (Wildman–Crippen MR) is 133 cm³/mol. The van der Waals surface area contributed by atoms with Crippen LogP contribution in [0.15, 0.2) is 40.3 Å². The summed E-state index contributed by atoms with van der Waals surface area (Å²) < 4.78 is 64.0. The molecule has 4 heterocycles. The Morgan fingerprint density at radius 3 is 2.44 bits per heavy atom. The Labute approximate surface area is 218 Å². The lowest BCUT2D eigenvalue weighted by molar-refractivity contribution is -0.140. The van der Waals surface area contributed by atoms with Gasteiger partial charge in [-0.05, 0) is 13.0 Å². The van der Waals surface area contributed by atoms with Gasteiger partial charge in [0.25, 0.3) is 11.1 Å². The molecule has 4 aromatic rings. The van der Waals surface area contributed by atoms with Crippen LogP contribution in [0.25, 0.3) is 22.2 Å². The van der Waals surface area contributed by atoms with Gasteiger partial charge in [-0.25, -0.2) is 18.7 Å². The van der Waals surface area contributed by atoms with E-state index in [0.717, 1.165) is 10.7 Å².